The predicted octanol–water partition coefficient (Wildman–Crippen LogP) is 3.55. The van der Waals surface area contributed by atoms with Crippen LogP contribution in [0, 0.1) is 0 Å². The van der Waals surface area contributed by atoms with Crippen LogP contribution in [0.25, 0.3) is 0 Å². The number of nitrogens with zero attached hydrogens (tertiary/aromatic N) is 1. The first kappa shape index (κ1) is 21.4. The SMILES string of the molecule is CCOP(=O)(OCC)[C@H]1CC[C@@H](C(=O)OC)N1C(=O)OCc1ccccc1. The maximum Gasteiger partial charge on any atom is 0.411 e. The molecule has 0 saturated carbocycles. The summed E-state index contributed by atoms with van der Waals surface area (Å²) in [7, 11) is -2.40. The first-order valence-corrected chi connectivity index (χ1v) is 10.5. The van der Waals surface area contributed by atoms with Crippen molar-refractivity contribution in [2.24, 2.45) is 0 Å². The van der Waals surface area contributed by atoms with Gasteiger partial charge in [-0.25, -0.2) is 9.59 Å². The Bertz CT molecular complexity index is 672. The van der Waals surface area contributed by atoms with Gasteiger partial charge >= 0.3 is 19.7 Å². The molecule has 0 aliphatic carbocycles. The molecule has 1 fully saturated rings. The highest BCUT2D eigenvalue weighted by atomic mass is 31.2. The summed E-state index contributed by atoms with van der Waals surface area (Å²) in [5.41, 5.74) is 0.800. The Labute approximate surface area is 159 Å². The molecule has 0 spiro atoms. The molecule has 1 aliphatic heterocycles. The lowest BCUT2D eigenvalue weighted by molar-refractivity contribution is -0.145. The van der Waals surface area contributed by atoms with Gasteiger partial charge in [0.05, 0.1) is 20.3 Å². The molecule has 0 unspecified atom stereocenters. The van der Waals surface area contributed by atoms with Gasteiger partial charge in [-0.3, -0.25) is 9.46 Å². The van der Waals surface area contributed by atoms with Crippen molar-refractivity contribution >= 4 is 19.7 Å². The van der Waals surface area contributed by atoms with E-state index >= 15 is 0 Å². The summed E-state index contributed by atoms with van der Waals surface area (Å²) in [5.74, 6) is -1.49. The number of benzene rings is 1. The molecule has 0 N–H and O–H groups in total. The van der Waals surface area contributed by atoms with Crippen LogP contribution in [0.5, 0.6) is 0 Å². The Morgan fingerprint density at radius 3 is 2.30 bits per heavy atom. The molecule has 1 aromatic rings. The van der Waals surface area contributed by atoms with Crippen molar-refractivity contribution in [3.63, 3.8) is 0 Å². The Hall–Kier alpha value is -1.89. The molecular formula is C18H26NO7P. The van der Waals surface area contributed by atoms with Crippen LogP contribution in [-0.4, -0.2) is 49.1 Å². The number of methoxy groups -OCH3 is 1. The van der Waals surface area contributed by atoms with E-state index in [4.69, 9.17) is 18.5 Å². The Morgan fingerprint density at radius 1 is 1.11 bits per heavy atom. The molecule has 1 aromatic carbocycles. The van der Waals surface area contributed by atoms with Crippen molar-refractivity contribution in [1.29, 1.82) is 0 Å². The number of esters is 1. The van der Waals surface area contributed by atoms with Crippen LogP contribution in [0.3, 0.4) is 0 Å². The fourth-order valence-corrected chi connectivity index (χ4v) is 5.25. The number of hydrogen-bond donors (Lipinski definition) is 0. The smallest absolute Gasteiger partial charge is 0.411 e. The lowest BCUT2D eigenvalue weighted by Gasteiger charge is -2.32. The third-order valence-corrected chi connectivity index (χ3v) is 6.70. The minimum Gasteiger partial charge on any atom is -0.467 e. The number of carbonyl (C=O) groups excluding carboxylic acids is 2. The zero-order valence-electron chi connectivity index (χ0n) is 15.8. The molecule has 0 bridgehead atoms. The molecule has 1 saturated heterocycles. The number of hydrogen-bond acceptors (Lipinski definition) is 7. The Balaban J connectivity index is 2.23. The van der Waals surface area contributed by atoms with E-state index in [2.05, 4.69) is 0 Å². The van der Waals surface area contributed by atoms with Crippen LogP contribution >= 0.6 is 7.60 Å². The minimum atomic E-state index is -3.64. The second-order valence-electron chi connectivity index (χ2n) is 5.92. The van der Waals surface area contributed by atoms with E-state index < -0.39 is 31.5 Å². The molecule has 150 valence electrons. The fourth-order valence-electron chi connectivity index (χ4n) is 3.08. The average molecular weight is 399 g/mol. The van der Waals surface area contributed by atoms with Gasteiger partial charge in [0, 0.05) is 0 Å². The van der Waals surface area contributed by atoms with E-state index in [1.54, 1.807) is 13.8 Å². The molecule has 1 heterocycles. The summed E-state index contributed by atoms with van der Waals surface area (Å²) in [6.07, 6.45) is -0.171. The minimum absolute atomic E-state index is 0.0321. The number of rotatable bonds is 8. The van der Waals surface area contributed by atoms with Gasteiger partial charge in [-0.2, -0.15) is 0 Å². The molecule has 27 heavy (non-hydrogen) atoms. The average Bonchev–Trinajstić information content (AvgIpc) is 3.13. The lowest BCUT2D eigenvalue weighted by Crippen LogP contribution is -2.46. The first-order chi connectivity index (χ1) is 13.0. The first-order valence-electron chi connectivity index (χ1n) is 8.92. The third-order valence-electron chi connectivity index (χ3n) is 4.23. The van der Waals surface area contributed by atoms with Crippen LogP contribution in [0.1, 0.15) is 32.3 Å². The second-order valence-corrected chi connectivity index (χ2v) is 8.11. The second kappa shape index (κ2) is 9.88. The van der Waals surface area contributed by atoms with E-state index in [-0.39, 0.29) is 26.2 Å². The monoisotopic (exact) mass is 399 g/mol. The summed E-state index contributed by atoms with van der Waals surface area (Å²) >= 11 is 0. The Kier molecular flexibility index (Phi) is 7.83. The quantitative estimate of drug-likeness (QED) is 0.488. The lowest BCUT2D eigenvalue weighted by atomic mass is 10.2. The van der Waals surface area contributed by atoms with Gasteiger partial charge in [0.1, 0.15) is 18.4 Å². The van der Waals surface area contributed by atoms with Crippen molar-refractivity contribution in [2.45, 2.75) is 45.1 Å². The molecule has 2 rings (SSSR count). The maximum atomic E-state index is 13.2. The fraction of sp³-hybridized carbons (Fsp3) is 0.556. The molecule has 2 atom stereocenters. The highest BCUT2D eigenvalue weighted by molar-refractivity contribution is 7.54. The van der Waals surface area contributed by atoms with Crippen molar-refractivity contribution < 1.29 is 32.7 Å². The topological polar surface area (TPSA) is 91.4 Å². The number of amides is 1. The molecular weight excluding hydrogens is 373 g/mol. The van der Waals surface area contributed by atoms with E-state index in [0.29, 0.717) is 6.42 Å². The van der Waals surface area contributed by atoms with Crippen LogP contribution in [0.4, 0.5) is 4.79 Å². The highest BCUT2D eigenvalue weighted by Crippen LogP contribution is 2.58. The van der Waals surface area contributed by atoms with Gasteiger partial charge in [0.2, 0.25) is 0 Å². The van der Waals surface area contributed by atoms with Gasteiger partial charge in [-0.15, -0.1) is 0 Å². The third kappa shape index (κ3) is 5.09. The number of ether oxygens (including phenoxy) is 2. The maximum absolute atomic E-state index is 13.2. The van der Waals surface area contributed by atoms with Crippen molar-refractivity contribution in [3.8, 4) is 0 Å². The molecule has 0 aromatic heterocycles. The van der Waals surface area contributed by atoms with E-state index in [1.165, 1.54) is 7.11 Å². The Morgan fingerprint density at radius 2 is 1.74 bits per heavy atom. The summed E-state index contributed by atoms with van der Waals surface area (Å²) in [5, 5.41) is 0. The number of likely N-dealkylation sites (tertiary alicyclic amines) is 1. The zero-order valence-corrected chi connectivity index (χ0v) is 16.7. The van der Waals surface area contributed by atoms with Crippen molar-refractivity contribution in [3.05, 3.63) is 35.9 Å². The molecule has 1 amide bonds. The number of carbonyl (C=O) groups is 2. The molecule has 0 radical (unpaired) electrons. The van der Waals surface area contributed by atoms with Gasteiger partial charge in [0.15, 0.2) is 0 Å². The van der Waals surface area contributed by atoms with Crippen LogP contribution in [0.2, 0.25) is 0 Å². The summed E-state index contributed by atoms with van der Waals surface area (Å²) in [6, 6.07) is 8.26. The van der Waals surface area contributed by atoms with E-state index in [0.717, 1.165) is 10.5 Å². The summed E-state index contributed by atoms with van der Waals surface area (Å²) < 4.78 is 34.2. The zero-order chi connectivity index (χ0) is 19.9. The molecule has 8 nitrogen and oxygen atoms in total. The van der Waals surface area contributed by atoms with Crippen molar-refractivity contribution in [1.82, 2.24) is 4.90 Å². The van der Waals surface area contributed by atoms with Crippen LogP contribution in [0.15, 0.2) is 30.3 Å². The largest absolute Gasteiger partial charge is 0.467 e. The van der Waals surface area contributed by atoms with Gasteiger partial charge < -0.3 is 18.5 Å². The van der Waals surface area contributed by atoms with E-state index in [1.807, 2.05) is 30.3 Å². The molecule has 1 aliphatic rings. The normalized spacial score (nSPS) is 19.7. The van der Waals surface area contributed by atoms with Gasteiger partial charge in [-0.1, -0.05) is 30.3 Å². The standard InChI is InChI=1S/C18H26NO7P/c1-4-25-27(22,26-5-2)16-12-11-15(17(20)23-3)19(16)18(21)24-13-14-9-7-6-8-10-14/h6-10,15-16H,4-5,11-13H2,1-3H3/t15-,16-/m0/s1. The van der Waals surface area contributed by atoms with Crippen LogP contribution in [-0.2, 0) is 34.5 Å². The van der Waals surface area contributed by atoms with Gasteiger partial charge in [0.25, 0.3) is 0 Å². The predicted molar refractivity (Wildman–Crippen MR) is 98.2 cm³/mol. The highest BCUT2D eigenvalue weighted by Gasteiger charge is 2.52. The van der Waals surface area contributed by atoms with Crippen molar-refractivity contribution in [2.75, 3.05) is 20.3 Å². The molecule has 9 heteroatoms. The van der Waals surface area contributed by atoms with Crippen LogP contribution < -0.4 is 0 Å². The summed E-state index contributed by atoms with van der Waals surface area (Å²) in [4.78, 5) is 26.1. The van der Waals surface area contributed by atoms with E-state index in [9.17, 15) is 14.2 Å². The summed E-state index contributed by atoms with van der Waals surface area (Å²) in [6.45, 7) is 3.73. The van der Waals surface area contributed by atoms with Gasteiger partial charge in [-0.05, 0) is 32.3 Å².